The molecule has 1 aromatic heterocycles. The molecule has 2 N–H and O–H groups in total. The third kappa shape index (κ3) is 1.79. The van der Waals surface area contributed by atoms with Gasteiger partial charge in [-0.1, -0.05) is 12.1 Å². The standard InChI is InChI=1S/C10H6N4O3/c11-5-7-9(12)17-10(13-7)6-3-1-2-4-8(6)14(15)16/h1-4H,12H2. The molecule has 2 aromatic rings. The van der Waals surface area contributed by atoms with Gasteiger partial charge in [0.25, 0.3) is 5.69 Å². The molecule has 0 amide bonds. The van der Waals surface area contributed by atoms with Gasteiger partial charge in [-0.3, -0.25) is 10.1 Å². The summed E-state index contributed by atoms with van der Waals surface area (Å²) in [5.74, 6) is -0.188. The fraction of sp³-hybridized carbons (Fsp3) is 0. The molecule has 0 spiro atoms. The number of hydrogen-bond acceptors (Lipinski definition) is 6. The second kappa shape index (κ2) is 3.94. The van der Waals surface area contributed by atoms with Crippen molar-refractivity contribution in [1.29, 1.82) is 5.26 Å². The minimum Gasteiger partial charge on any atom is -0.419 e. The molecule has 0 saturated heterocycles. The van der Waals surface area contributed by atoms with Crippen molar-refractivity contribution >= 4 is 11.6 Å². The smallest absolute Gasteiger partial charge is 0.282 e. The second-order valence-corrected chi connectivity index (χ2v) is 3.12. The third-order valence-electron chi connectivity index (χ3n) is 2.09. The van der Waals surface area contributed by atoms with Gasteiger partial charge in [0.2, 0.25) is 17.5 Å². The number of nitrogens with two attached hydrogens (primary N) is 1. The topological polar surface area (TPSA) is 119 Å². The van der Waals surface area contributed by atoms with E-state index in [0.717, 1.165) is 0 Å². The predicted molar refractivity (Wildman–Crippen MR) is 57.7 cm³/mol. The van der Waals surface area contributed by atoms with Crippen LogP contribution >= 0.6 is 0 Å². The van der Waals surface area contributed by atoms with Gasteiger partial charge in [-0.25, -0.2) is 0 Å². The highest BCUT2D eigenvalue weighted by Crippen LogP contribution is 2.30. The minimum atomic E-state index is -0.554. The molecule has 1 aromatic carbocycles. The maximum absolute atomic E-state index is 10.8. The van der Waals surface area contributed by atoms with Gasteiger partial charge in [-0.15, -0.1) is 0 Å². The van der Waals surface area contributed by atoms with Gasteiger partial charge in [0.1, 0.15) is 11.6 Å². The van der Waals surface area contributed by atoms with Crippen LogP contribution in [0.15, 0.2) is 28.7 Å². The Morgan fingerprint density at radius 3 is 2.76 bits per heavy atom. The number of oxazole rings is 1. The Hall–Kier alpha value is -2.88. The molecule has 0 radical (unpaired) electrons. The Kier molecular flexibility index (Phi) is 2.46. The summed E-state index contributed by atoms with van der Waals surface area (Å²) in [6.45, 7) is 0. The minimum absolute atomic E-state index is 0.0358. The number of hydrogen-bond donors (Lipinski definition) is 1. The summed E-state index contributed by atoms with van der Waals surface area (Å²) in [5.41, 5.74) is 5.34. The van der Waals surface area contributed by atoms with Gasteiger partial charge >= 0.3 is 0 Å². The van der Waals surface area contributed by atoms with Gasteiger partial charge in [0, 0.05) is 6.07 Å². The number of nitriles is 1. The first-order chi connectivity index (χ1) is 8.13. The van der Waals surface area contributed by atoms with E-state index in [0.29, 0.717) is 0 Å². The van der Waals surface area contributed by atoms with Crippen molar-refractivity contribution in [3.63, 3.8) is 0 Å². The van der Waals surface area contributed by atoms with E-state index in [4.69, 9.17) is 15.4 Å². The van der Waals surface area contributed by atoms with Crippen LogP contribution < -0.4 is 5.73 Å². The number of nitro benzene ring substituents is 1. The van der Waals surface area contributed by atoms with E-state index in [2.05, 4.69) is 4.98 Å². The highest BCUT2D eigenvalue weighted by molar-refractivity contribution is 5.68. The zero-order chi connectivity index (χ0) is 12.4. The summed E-state index contributed by atoms with van der Waals surface area (Å²) in [7, 11) is 0. The largest absolute Gasteiger partial charge is 0.419 e. The first kappa shape index (κ1) is 10.6. The number of para-hydroxylation sites is 1. The number of benzene rings is 1. The van der Waals surface area contributed by atoms with Crippen LogP contribution in [0.1, 0.15) is 5.69 Å². The van der Waals surface area contributed by atoms with E-state index in [1.807, 2.05) is 0 Å². The van der Waals surface area contributed by atoms with Crippen molar-refractivity contribution in [3.8, 4) is 17.5 Å². The van der Waals surface area contributed by atoms with E-state index in [-0.39, 0.29) is 28.7 Å². The lowest BCUT2D eigenvalue weighted by Crippen LogP contribution is -1.91. The SMILES string of the molecule is N#Cc1nc(-c2ccccc2[N+](=O)[O-])oc1N. The average molecular weight is 230 g/mol. The molecular weight excluding hydrogens is 224 g/mol. The summed E-state index contributed by atoms with van der Waals surface area (Å²) in [5, 5.41) is 19.5. The molecule has 0 fully saturated rings. The maximum Gasteiger partial charge on any atom is 0.282 e. The van der Waals surface area contributed by atoms with E-state index in [1.165, 1.54) is 18.2 Å². The molecule has 17 heavy (non-hydrogen) atoms. The van der Waals surface area contributed by atoms with Gasteiger partial charge in [0.15, 0.2) is 0 Å². The zero-order valence-corrected chi connectivity index (χ0v) is 8.45. The number of nitrogen functional groups attached to an aromatic ring is 1. The highest BCUT2D eigenvalue weighted by atomic mass is 16.6. The molecule has 0 atom stereocenters. The number of aromatic nitrogens is 1. The molecule has 0 saturated carbocycles. The summed E-state index contributed by atoms with van der Waals surface area (Å²) in [6, 6.07) is 7.67. The molecule has 0 aliphatic carbocycles. The number of nitrogens with zero attached hydrogens (tertiary/aromatic N) is 3. The van der Waals surface area contributed by atoms with Crippen molar-refractivity contribution in [3.05, 3.63) is 40.1 Å². The van der Waals surface area contributed by atoms with E-state index in [1.54, 1.807) is 12.1 Å². The zero-order valence-electron chi connectivity index (χ0n) is 8.45. The van der Waals surface area contributed by atoms with Gasteiger partial charge < -0.3 is 10.2 Å². The van der Waals surface area contributed by atoms with Crippen LogP contribution in [0.4, 0.5) is 11.6 Å². The first-order valence-electron chi connectivity index (χ1n) is 4.53. The fourth-order valence-corrected chi connectivity index (χ4v) is 1.34. The van der Waals surface area contributed by atoms with Gasteiger partial charge in [-0.05, 0) is 6.07 Å². The van der Waals surface area contributed by atoms with Crippen molar-refractivity contribution in [2.45, 2.75) is 0 Å². The van der Waals surface area contributed by atoms with Crippen LogP contribution in [-0.4, -0.2) is 9.91 Å². The lowest BCUT2D eigenvalue weighted by atomic mass is 10.2. The molecular formula is C10H6N4O3. The molecule has 7 nitrogen and oxygen atoms in total. The van der Waals surface area contributed by atoms with E-state index < -0.39 is 4.92 Å². The fourth-order valence-electron chi connectivity index (χ4n) is 1.34. The molecule has 0 bridgehead atoms. The Bertz CT molecular complexity index is 627. The molecule has 0 aliphatic rings. The van der Waals surface area contributed by atoms with Crippen molar-refractivity contribution in [2.75, 3.05) is 5.73 Å². The lowest BCUT2D eigenvalue weighted by Gasteiger charge is -1.96. The van der Waals surface area contributed by atoms with Crippen LogP contribution in [0.2, 0.25) is 0 Å². The molecule has 0 aliphatic heterocycles. The normalized spacial score (nSPS) is 9.82. The Morgan fingerprint density at radius 1 is 1.47 bits per heavy atom. The first-order valence-corrected chi connectivity index (χ1v) is 4.53. The van der Waals surface area contributed by atoms with Crippen LogP contribution in [0, 0.1) is 21.4 Å². The highest BCUT2D eigenvalue weighted by Gasteiger charge is 2.20. The summed E-state index contributed by atoms with van der Waals surface area (Å²) in [6.07, 6.45) is 0. The monoisotopic (exact) mass is 230 g/mol. The molecule has 2 rings (SSSR count). The Labute approximate surface area is 95.3 Å². The third-order valence-corrected chi connectivity index (χ3v) is 2.09. The summed E-state index contributed by atoms with van der Waals surface area (Å²) < 4.78 is 5.02. The Balaban J connectivity index is 2.61. The number of nitro groups is 1. The van der Waals surface area contributed by atoms with Crippen molar-refractivity contribution in [2.24, 2.45) is 0 Å². The van der Waals surface area contributed by atoms with Crippen LogP contribution in [0.25, 0.3) is 11.5 Å². The summed E-state index contributed by atoms with van der Waals surface area (Å²) in [4.78, 5) is 14.0. The molecule has 84 valence electrons. The Morgan fingerprint density at radius 2 is 2.18 bits per heavy atom. The van der Waals surface area contributed by atoms with Gasteiger partial charge in [0.05, 0.1) is 4.92 Å². The van der Waals surface area contributed by atoms with Crippen LogP contribution in [0.3, 0.4) is 0 Å². The quantitative estimate of drug-likeness (QED) is 0.619. The van der Waals surface area contributed by atoms with Crippen LogP contribution in [-0.2, 0) is 0 Å². The molecule has 1 heterocycles. The molecule has 0 unspecified atom stereocenters. The van der Waals surface area contributed by atoms with Crippen LogP contribution in [0.5, 0.6) is 0 Å². The van der Waals surface area contributed by atoms with Gasteiger partial charge in [-0.2, -0.15) is 10.2 Å². The molecule has 7 heteroatoms. The van der Waals surface area contributed by atoms with E-state index >= 15 is 0 Å². The van der Waals surface area contributed by atoms with E-state index in [9.17, 15) is 10.1 Å². The van der Waals surface area contributed by atoms with Crippen molar-refractivity contribution in [1.82, 2.24) is 4.98 Å². The average Bonchev–Trinajstić information content (AvgIpc) is 2.70. The predicted octanol–water partition coefficient (Wildman–Crippen LogP) is 1.70. The maximum atomic E-state index is 10.8. The summed E-state index contributed by atoms with van der Waals surface area (Å²) >= 11 is 0. The number of anilines is 1. The number of rotatable bonds is 2. The second-order valence-electron chi connectivity index (χ2n) is 3.12. The van der Waals surface area contributed by atoms with Crippen molar-refractivity contribution < 1.29 is 9.34 Å². The lowest BCUT2D eigenvalue weighted by molar-refractivity contribution is -0.384.